The molecule has 2 aromatic carbocycles. The van der Waals surface area contributed by atoms with Crippen molar-refractivity contribution in [2.45, 2.75) is 16.2 Å². The number of allylic oxidation sites excluding steroid dienone is 1. The van der Waals surface area contributed by atoms with Gasteiger partial charge in [0.15, 0.2) is 0 Å². The Morgan fingerprint density at radius 2 is 1.81 bits per heavy atom. The molecule has 0 saturated carbocycles. The molecule has 0 atom stereocenters. The summed E-state index contributed by atoms with van der Waals surface area (Å²) in [6, 6.07) is 16.0. The van der Waals surface area contributed by atoms with Gasteiger partial charge in [-0.2, -0.15) is 0 Å². The van der Waals surface area contributed by atoms with Crippen molar-refractivity contribution in [3.63, 3.8) is 0 Å². The Morgan fingerprint density at radius 1 is 1.13 bits per heavy atom. The normalized spacial score (nSPS) is 12.3. The molecule has 0 fully saturated rings. The molecular formula is C22H18F3N3O2S. The van der Waals surface area contributed by atoms with Gasteiger partial charge in [0.25, 0.3) is 5.56 Å². The summed E-state index contributed by atoms with van der Waals surface area (Å²) in [5.41, 5.74) is 7.05. The molecule has 1 aromatic heterocycles. The highest BCUT2D eigenvalue weighted by molar-refractivity contribution is 7.99. The van der Waals surface area contributed by atoms with Crippen LogP contribution in [0.25, 0.3) is 11.3 Å². The largest absolute Gasteiger partial charge is 0.573 e. The Bertz CT molecular complexity index is 1160. The molecule has 0 amide bonds. The van der Waals surface area contributed by atoms with E-state index in [1.165, 1.54) is 40.7 Å². The molecule has 5 nitrogen and oxygen atoms in total. The first-order valence-corrected chi connectivity index (χ1v) is 9.82. The number of benzene rings is 2. The van der Waals surface area contributed by atoms with Crippen molar-refractivity contribution in [2.24, 2.45) is 10.7 Å². The number of hydrogen-bond donors (Lipinski definition) is 1. The van der Waals surface area contributed by atoms with E-state index in [0.29, 0.717) is 21.7 Å². The van der Waals surface area contributed by atoms with Crippen molar-refractivity contribution in [2.75, 3.05) is 7.05 Å². The van der Waals surface area contributed by atoms with Crippen LogP contribution in [0.5, 0.6) is 5.75 Å². The number of rotatable bonds is 6. The fraction of sp³-hybridized carbons (Fsp3) is 0.0909. The van der Waals surface area contributed by atoms with Gasteiger partial charge in [-0.15, -0.1) is 13.2 Å². The SMILES string of the molecule is CN=CC(=CN)c1cn(-c2ccc(OC(F)(F)F)cc2)c(=O)cc1Sc1ccccc1. The molecule has 0 aliphatic heterocycles. The van der Waals surface area contributed by atoms with E-state index in [0.717, 1.165) is 17.0 Å². The highest BCUT2D eigenvalue weighted by Gasteiger charge is 2.31. The fourth-order valence-electron chi connectivity index (χ4n) is 2.78. The second-order valence-electron chi connectivity index (χ2n) is 6.23. The van der Waals surface area contributed by atoms with Gasteiger partial charge in [-0.05, 0) is 36.4 Å². The Morgan fingerprint density at radius 3 is 2.39 bits per heavy atom. The molecule has 3 rings (SSSR count). The number of hydrogen-bond acceptors (Lipinski definition) is 5. The van der Waals surface area contributed by atoms with Crippen LogP contribution < -0.4 is 16.0 Å². The average molecular weight is 445 g/mol. The quantitative estimate of drug-likeness (QED) is 0.549. The monoisotopic (exact) mass is 445 g/mol. The molecule has 0 saturated heterocycles. The topological polar surface area (TPSA) is 69.6 Å². The maximum Gasteiger partial charge on any atom is 0.573 e. The van der Waals surface area contributed by atoms with E-state index < -0.39 is 6.36 Å². The fourth-order valence-corrected chi connectivity index (χ4v) is 3.77. The van der Waals surface area contributed by atoms with E-state index in [4.69, 9.17) is 5.73 Å². The maximum absolute atomic E-state index is 12.8. The molecule has 3 aromatic rings. The van der Waals surface area contributed by atoms with E-state index in [9.17, 15) is 18.0 Å². The van der Waals surface area contributed by atoms with E-state index in [1.807, 2.05) is 30.3 Å². The molecule has 0 aliphatic carbocycles. The number of ether oxygens (including phenoxy) is 1. The first-order chi connectivity index (χ1) is 14.8. The zero-order chi connectivity index (χ0) is 22.4. The summed E-state index contributed by atoms with van der Waals surface area (Å²) in [6.07, 6.45) is -0.248. The van der Waals surface area contributed by atoms with Gasteiger partial charge in [0.1, 0.15) is 5.75 Å². The molecule has 0 spiro atoms. The van der Waals surface area contributed by atoms with Gasteiger partial charge in [-0.1, -0.05) is 30.0 Å². The predicted molar refractivity (Wildman–Crippen MR) is 116 cm³/mol. The molecule has 0 radical (unpaired) electrons. The van der Waals surface area contributed by atoms with Crippen molar-refractivity contribution in [3.8, 4) is 11.4 Å². The first kappa shape index (κ1) is 22.2. The summed E-state index contributed by atoms with van der Waals surface area (Å²) in [5, 5.41) is 0. The summed E-state index contributed by atoms with van der Waals surface area (Å²) < 4.78 is 42.4. The lowest BCUT2D eigenvalue weighted by Crippen LogP contribution is -2.19. The highest BCUT2D eigenvalue weighted by atomic mass is 32.2. The van der Waals surface area contributed by atoms with Crippen LogP contribution >= 0.6 is 11.8 Å². The molecule has 0 unspecified atom stereocenters. The molecule has 9 heteroatoms. The number of aliphatic imine (C=N–C) groups is 1. The Labute approximate surface area is 180 Å². The van der Waals surface area contributed by atoms with Crippen molar-refractivity contribution in [1.82, 2.24) is 4.57 Å². The number of pyridine rings is 1. The van der Waals surface area contributed by atoms with Crippen molar-refractivity contribution in [3.05, 3.63) is 89.0 Å². The molecule has 1 heterocycles. The minimum absolute atomic E-state index is 0.350. The third-order valence-electron chi connectivity index (χ3n) is 4.09. The molecule has 0 bridgehead atoms. The number of aromatic nitrogens is 1. The maximum atomic E-state index is 12.8. The zero-order valence-corrected chi connectivity index (χ0v) is 17.2. The van der Waals surface area contributed by atoms with Crippen LogP contribution in [-0.4, -0.2) is 24.2 Å². The lowest BCUT2D eigenvalue weighted by atomic mass is 10.1. The van der Waals surface area contributed by atoms with E-state index in [-0.39, 0.29) is 11.3 Å². The number of halogens is 3. The molecule has 2 N–H and O–H groups in total. The third kappa shape index (κ3) is 5.79. The molecular weight excluding hydrogens is 427 g/mol. The van der Waals surface area contributed by atoms with Crippen molar-refractivity contribution in [1.29, 1.82) is 0 Å². The van der Waals surface area contributed by atoms with E-state index >= 15 is 0 Å². The lowest BCUT2D eigenvalue weighted by molar-refractivity contribution is -0.274. The van der Waals surface area contributed by atoms with E-state index in [2.05, 4.69) is 9.73 Å². The second-order valence-corrected chi connectivity index (χ2v) is 7.34. The van der Waals surface area contributed by atoms with Crippen molar-refractivity contribution < 1.29 is 17.9 Å². The van der Waals surface area contributed by atoms with Crippen LogP contribution in [0.4, 0.5) is 13.2 Å². The van der Waals surface area contributed by atoms with Gasteiger partial charge in [0, 0.05) is 58.3 Å². The smallest absolute Gasteiger partial charge is 0.406 e. The van der Waals surface area contributed by atoms with Crippen LogP contribution in [0.3, 0.4) is 0 Å². The standard InChI is InChI=1S/C22H18F3N3O2S/c1-27-13-15(12-26)19-14-28(16-7-9-17(10-8-16)30-22(23,24)25)21(29)11-20(19)31-18-5-3-2-4-6-18/h2-14H,26H2,1H3. The Balaban J connectivity index is 2.07. The summed E-state index contributed by atoms with van der Waals surface area (Å²) in [7, 11) is 1.60. The molecule has 160 valence electrons. The highest BCUT2D eigenvalue weighted by Crippen LogP contribution is 2.33. The lowest BCUT2D eigenvalue weighted by Gasteiger charge is -2.14. The van der Waals surface area contributed by atoms with Crippen molar-refractivity contribution >= 4 is 23.5 Å². The van der Waals surface area contributed by atoms with Gasteiger partial charge in [-0.25, -0.2) is 0 Å². The number of nitrogens with two attached hydrogens (primary N) is 1. The molecule has 31 heavy (non-hydrogen) atoms. The molecule has 0 aliphatic rings. The first-order valence-electron chi connectivity index (χ1n) is 9.01. The number of nitrogens with zero attached hydrogens (tertiary/aromatic N) is 2. The Hall–Kier alpha value is -3.46. The van der Waals surface area contributed by atoms with Gasteiger partial charge >= 0.3 is 6.36 Å². The number of alkyl halides is 3. The zero-order valence-electron chi connectivity index (χ0n) is 16.3. The van der Waals surface area contributed by atoms with Crippen LogP contribution in [-0.2, 0) is 0 Å². The van der Waals surface area contributed by atoms with Gasteiger partial charge in [0.05, 0.1) is 0 Å². The van der Waals surface area contributed by atoms with E-state index in [1.54, 1.807) is 19.5 Å². The van der Waals surface area contributed by atoms with Gasteiger partial charge in [-0.3, -0.25) is 14.4 Å². The van der Waals surface area contributed by atoms with Gasteiger partial charge in [0.2, 0.25) is 0 Å². The van der Waals surface area contributed by atoms with Gasteiger partial charge < -0.3 is 10.5 Å². The van der Waals surface area contributed by atoms with Crippen LogP contribution in [0.2, 0.25) is 0 Å². The van der Waals surface area contributed by atoms with Crippen LogP contribution in [0, 0.1) is 0 Å². The minimum Gasteiger partial charge on any atom is -0.406 e. The second kappa shape index (κ2) is 9.57. The Kier molecular flexibility index (Phi) is 6.86. The summed E-state index contributed by atoms with van der Waals surface area (Å²) >= 11 is 1.39. The summed E-state index contributed by atoms with van der Waals surface area (Å²) in [4.78, 5) is 18.4. The van der Waals surface area contributed by atoms with Crippen LogP contribution in [0.15, 0.2) is 92.6 Å². The summed E-state index contributed by atoms with van der Waals surface area (Å²) in [6.45, 7) is 0. The third-order valence-corrected chi connectivity index (χ3v) is 5.16. The summed E-state index contributed by atoms with van der Waals surface area (Å²) in [5.74, 6) is -0.374. The minimum atomic E-state index is -4.79. The van der Waals surface area contributed by atoms with Crippen LogP contribution in [0.1, 0.15) is 5.56 Å². The average Bonchev–Trinajstić information content (AvgIpc) is 2.73. The predicted octanol–water partition coefficient (Wildman–Crippen LogP) is 4.89.